The van der Waals surface area contributed by atoms with Gasteiger partial charge in [-0.25, -0.2) is 4.98 Å². The van der Waals surface area contributed by atoms with Crippen LogP contribution in [-0.4, -0.2) is 39.8 Å². The number of aliphatic hydroxyl groups is 1. The summed E-state index contributed by atoms with van der Waals surface area (Å²) in [6.07, 6.45) is -3.38. The quantitative estimate of drug-likeness (QED) is 0.689. The van der Waals surface area contributed by atoms with Crippen LogP contribution in [0.25, 0.3) is 0 Å². The summed E-state index contributed by atoms with van der Waals surface area (Å²) in [5.41, 5.74) is -4.26. The second-order valence-electron chi connectivity index (χ2n) is 6.75. The number of halogens is 3. The number of hydrogen-bond acceptors (Lipinski definition) is 5. The number of aryl methyl sites for hydroxylation is 1. The van der Waals surface area contributed by atoms with E-state index in [0.717, 1.165) is 6.42 Å². The van der Waals surface area contributed by atoms with E-state index in [1.54, 1.807) is 0 Å². The van der Waals surface area contributed by atoms with Crippen LogP contribution in [0, 0.1) is 12.3 Å². The standard InChI is InChI=1S/C16H21F3N2O4S/c1-10-8-26-12(21-10)15(25,16(17,18)19)7-11(22)20-9-14(13(23)24)5-3-2-4-6-14/h8,25H,2-7,9H2,1H3,(H,20,22)(H,23,24). The summed E-state index contributed by atoms with van der Waals surface area (Å²) in [5.74, 6) is -2.14. The summed E-state index contributed by atoms with van der Waals surface area (Å²) < 4.78 is 40.2. The molecule has 6 nitrogen and oxygen atoms in total. The second kappa shape index (κ2) is 7.51. The predicted molar refractivity (Wildman–Crippen MR) is 87.6 cm³/mol. The Balaban J connectivity index is 2.11. The third-order valence-electron chi connectivity index (χ3n) is 4.75. The molecule has 1 aliphatic rings. The van der Waals surface area contributed by atoms with Crippen molar-refractivity contribution in [3.8, 4) is 0 Å². The molecule has 3 N–H and O–H groups in total. The Morgan fingerprint density at radius 1 is 1.31 bits per heavy atom. The van der Waals surface area contributed by atoms with Crippen molar-refractivity contribution in [3.63, 3.8) is 0 Å². The number of nitrogens with zero attached hydrogens (tertiary/aromatic N) is 1. The van der Waals surface area contributed by atoms with Crippen LogP contribution in [0.3, 0.4) is 0 Å². The summed E-state index contributed by atoms with van der Waals surface area (Å²) in [6.45, 7) is 1.22. The van der Waals surface area contributed by atoms with Gasteiger partial charge in [0.05, 0.1) is 11.8 Å². The first-order valence-corrected chi connectivity index (χ1v) is 9.10. The molecule has 1 unspecified atom stereocenters. The highest BCUT2D eigenvalue weighted by Crippen LogP contribution is 2.43. The molecule has 1 aromatic rings. The molecule has 146 valence electrons. The van der Waals surface area contributed by atoms with Gasteiger partial charge in [-0.3, -0.25) is 9.59 Å². The smallest absolute Gasteiger partial charge is 0.424 e. The van der Waals surface area contributed by atoms with Crippen molar-refractivity contribution in [1.29, 1.82) is 0 Å². The Bertz CT molecular complexity index is 671. The zero-order valence-electron chi connectivity index (χ0n) is 14.2. The van der Waals surface area contributed by atoms with Crippen LogP contribution < -0.4 is 5.32 Å². The first-order valence-electron chi connectivity index (χ1n) is 8.22. The number of thiazole rings is 1. The van der Waals surface area contributed by atoms with Gasteiger partial charge in [-0.15, -0.1) is 11.3 Å². The molecule has 2 rings (SSSR count). The van der Waals surface area contributed by atoms with Gasteiger partial charge in [-0.1, -0.05) is 19.3 Å². The zero-order valence-corrected chi connectivity index (χ0v) is 15.0. The van der Waals surface area contributed by atoms with Crippen LogP contribution in [0.1, 0.15) is 49.2 Å². The normalized spacial score (nSPS) is 19.6. The lowest BCUT2D eigenvalue weighted by atomic mass is 9.74. The molecular weight excluding hydrogens is 373 g/mol. The number of carbonyl (C=O) groups is 2. The lowest BCUT2D eigenvalue weighted by Crippen LogP contribution is -2.49. The molecule has 1 heterocycles. The van der Waals surface area contributed by atoms with E-state index < -0.39 is 40.5 Å². The number of amides is 1. The molecule has 0 radical (unpaired) electrons. The van der Waals surface area contributed by atoms with Crippen LogP contribution in [0.2, 0.25) is 0 Å². The van der Waals surface area contributed by atoms with E-state index >= 15 is 0 Å². The molecule has 1 aliphatic carbocycles. The lowest BCUT2D eigenvalue weighted by Gasteiger charge is -2.34. The van der Waals surface area contributed by atoms with Gasteiger partial charge in [0.25, 0.3) is 0 Å². The van der Waals surface area contributed by atoms with Crippen LogP contribution in [0.5, 0.6) is 0 Å². The Morgan fingerprint density at radius 2 is 1.92 bits per heavy atom. The summed E-state index contributed by atoms with van der Waals surface area (Å²) in [5, 5.41) is 22.6. The zero-order chi connectivity index (χ0) is 19.6. The van der Waals surface area contributed by atoms with Crippen molar-refractivity contribution in [3.05, 3.63) is 16.1 Å². The van der Waals surface area contributed by atoms with Crippen molar-refractivity contribution >= 4 is 23.2 Å². The van der Waals surface area contributed by atoms with Gasteiger partial charge >= 0.3 is 12.1 Å². The second-order valence-corrected chi connectivity index (χ2v) is 7.61. The number of alkyl halides is 3. The maximum absolute atomic E-state index is 13.4. The van der Waals surface area contributed by atoms with E-state index in [1.807, 2.05) is 0 Å². The van der Waals surface area contributed by atoms with Gasteiger partial charge in [0.2, 0.25) is 11.5 Å². The molecule has 1 saturated carbocycles. The Labute approximate surface area is 152 Å². The Hall–Kier alpha value is -1.68. The summed E-state index contributed by atoms with van der Waals surface area (Å²) >= 11 is 0.620. The predicted octanol–water partition coefficient (Wildman–Crippen LogP) is 2.74. The largest absolute Gasteiger partial charge is 0.481 e. The summed E-state index contributed by atoms with van der Waals surface area (Å²) in [7, 11) is 0. The molecular formula is C16H21F3N2O4S. The van der Waals surface area contributed by atoms with Crippen molar-refractivity contribution in [1.82, 2.24) is 10.3 Å². The fraction of sp³-hybridized carbons (Fsp3) is 0.688. The van der Waals surface area contributed by atoms with Gasteiger partial charge in [-0.05, 0) is 19.8 Å². The maximum Gasteiger partial charge on any atom is 0.424 e. The van der Waals surface area contributed by atoms with Crippen LogP contribution in [-0.2, 0) is 15.2 Å². The molecule has 0 spiro atoms. The van der Waals surface area contributed by atoms with E-state index in [4.69, 9.17) is 0 Å². The summed E-state index contributed by atoms with van der Waals surface area (Å²) in [6, 6.07) is 0. The van der Waals surface area contributed by atoms with Gasteiger partial charge in [-0.2, -0.15) is 13.2 Å². The van der Waals surface area contributed by atoms with Crippen molar-refractivity contribution < 1.29 is 33.0 Å². The van der Waals surface area contributed by atoms with Crippen molar-refractivity contribution in [2.24, 2.45) is 5.41 Å². The number of hydrogen-bond donors (Lipinski definition) is 3. The van der Waals surface area contributed by atoms with E-state index in [9.17, 15) is 33.0 Å². The maximum atomic E-state index is 13.4. The molecule has 10 heteroatoms. The molecule has 26 heavy (non-hydrogen) atoms. The number of carboxylic acids is 1. The highest BCUT2D eigenvalue weighted by molar-refractivity contribution is 7.09. The van der Waals surface area contributed by atoms with Gasteiger partial charge < -0.3 is 15.5 Å². The van der Waals surface area contributed by atoms with Gasteiger partial charge in [0.1, 0.15) is 5.01 Å². The highest BCUT2D eigenvalue weighted by atomic mass is 32.1. The van der Waals surface area contributed by atoms with E-state index in [0.29, 0.717) is 42.7 Å². The number of rotatable bonds is 6. The number of aliphatic carboxylic acids is 1. The number of nitrogens with one attached hydrogen (secondary N) is 1. The van der Waals surface area contributed by atoms with Crippen LogP contribution >= 0.6 is 11.3 Å². The number of carbonyl (C=O) groups excluding carboxylic acids is 1. The average molecular weight is 394 g/mol. The average Bonchev–Trinajstić information content (AvgIpc) is 2.99. The van der Waals surface area contributed by atoms with Crippen LogP contribution in [0.15, 0.2) is 5.38 Å². The third kappa shape index (κ3) is 4.17. The molecule has 1 fully saturated rings. The minimum Gasteiger partial charge on any atom is -0.481 e. The van der Waals surface area contributed by atoms with Gasteiger partial charge in [0.15, 0.2) is 0 Å². The molecule has 0 bridgehead atoms. The molecule has 1 amide bonds. The molecule has 0 aromatic carbocycles. The number of aromatic nitrogens is 1. The molecule has 0 aliphatic heterocycles. The first-order chi connectivity index (χ1) is 12.0. The number of carboxylic acid groups (broad SMARTS) is 1. The van der Waals surface area contributed by atoms with Crippen molar-refractivity contribution in [2.75, 3.05) is 6.54 Å². The van der Waals surface area contributed by atoms with Crippen LogP contribution in [0.4, 0.5) is 13.2 Å². The SMILES string of the molecule is Cc1csc(C(O)(CC(=O)NCC2(C(=O)O)CCCCC2)C(F)(F)F)n1. The summed E-state index contributed by atoms with van der Waals surface area (Å²) in [4.78, 5) is 27.3. The van der Waals surface area contributed by atoms with E-state index in [2.05, 4.69) is 10.3 Å². The van der Waals surface area contributed by atoms with Crippen molar-refractivity contribution in [2.45, 2.75) is 57.2 Å². The molecule has 1 aromatic heterocycles. The molecule has 1 atom stereocenters. The highest BCUT2D eigenvalue weighted by Gasteiger charge is 2.58. The monoisotopic (exact) mass is 394 g/mol. The third-order valence-corrected chi connectivity index (χ3v) is 5.86. The lowest BCUT2D eigenvalue weighted by molar-refractivity contribution is -0.267. The fourth-order valence-electron chi connectivity index (χ4n) is 3.10. The Morgan fingerprint density at radius 3 is 2.38 bits per heavy atom. The Kier molecular flexibility index (Phi) is 5.96. The van der Waals surface area contributed by atoms with E-state index in [1.165, 1.54) is 12.3 Å². The van der Waals surface area contributed by atoms with E-state index in [-0.39, 0.29) is 6.54 Å². The molecule has 0 saturated heterocycles. The minimum atomic E-state index is -5.09. The topological polar surface area (TPSA) is 99.5 Å². The minimum absolute atomic E-state index is 0.258. The first kappa shape index (κ1) is 20.6. The fourth-order valence-corrected chi connectivity index (χ4v) is 4.01. The van der Waals surface area contributed by atoms with Gasteiger partial charge in [0, 0.05) is 17.6 Å².